The topological polar surface area (TPSA) is 297 Å². The first kappa shape index (κ1) is 80.3. The lowest BCUT2D eigenvalue weighted by Gasteiger charge is -2.06. The van der Waals surface area contributed by atoms with Gasteiger partial charge in [-0.2, -0.15) is 32.1 Å². The van der Waals surface area contributed by atoms with Crippen molar-refractivity contribution < 1.29 is 21.6 Å². The van der Waals surface area contributed by atoms with Gasteiger partial charge in [-0.1, -0.05) is 47.5 Å². The quantitative estimate of drug-likeness (QED) is 0.109. The minimum absolute atomic E-state index is 0.184. The second-order valence-electron chi connectivity index (χ2n) is 26.7. The number of hydrogen-bond donors (Lipinski definition) is 0. The molecule has 0 amide bonds. The maximum absolute atomic E-state index is 12.9. The van der Waals surface area contributed by atoms with Crippen LogP contribution >= 0.6 is 77.0 Å². The summed E-state index contributed by atoms with van der Waals surface area (Å²) in [5.41, 5.74) is 23.8. The van der Waals surface area contributed by atoms with Gasteiger partial charge in [-0.25, -0.2) is 19.6 Å². The molecule has 3 aromatic carbocycles. The summed E-state index contributed by atoms with van der Waals surface area (Å²) in [6.07, 6.45) is 24.7. The van der Waals surface area contributed by atoms with Gasteiger partial charge >= 0.3 is 0 Å². The van der Waals surface area contributed by atoms with Gasteiger partial charge in [0.05, 0.1) is 77.9 Å². The van der Waals surface area contributed by atoms with Crippen molar-refractivity contribution in [2.45, 2.75) is 77.5 Å². The van der Waals surface area contributed by atoms with Gasteiger partial charge in [-0.3, -0.25) is 49.9 Å². The second kappa shape index (κ2) is 35.6. The van der Waals surface area contributed by atoms with Crippen molar-refractivity contribution in [3.63, 3.8) is 0 Å². The molecule has 0 unspecified atom stereocenters. The van der Waals surface area contributed by atoms with Crippen LogP contribution in [0.15, 0.2) is 266 Å². The Morgan fingerprint density at radius 3 is 1.36 bits per heavy atom. The molecule has 0 spiro atoms. The van der Waals surface area contributed by atoms with E-state index in [4.69, 9.17) is 4.74 Å². The number of aromatic nitrogens is 16. The molecule has 115 heavy (non-hydrogen) atoms. The molecule has 0 radical (unpaired) electrons. The van der Waals surface area contributed by atoms with Crippen molar-refractivity contribution in [3.8, 4) is 50.3 Å². The monoisotopic (exact) mass is 1910 g/mol. The van der Waals surface area contributed by atoms with E-state index < -0.39 is 20.0 Å². The molecule has 0 saturated heterocycles. The average molecular weight is 1910 g/mol. The number of ether oxygens (including phenoxy) is 1. The summed E-state index contributed by atoms with van der Waals surface area (Å²) in [5.74, 6) is 0.851. The molecule has 19 rings (SSSR count). The SMILES string of the molecule is Brc1cnc2c(c1)C=NC2.COc1ccc(Cn2nc(I)c3cc(-c4ccnc(C)c4)cnc32)cc1.Cc1cc(-c2cnc3c(c2)C(I)=NC3)ccn1.Cc1cc(-c2cnc3c(c2)C=NC3)ccn1.Cc1ccc(S(=O)(=O)n2ncc3cc(-c4ccnc(C)c4)cnc32)cc1.Cc1ccc(S(=O)(=O)n2ncc3cc(Br)cnc32)cc1. The number of aliphatic imine (C=N–C) groups is 3. The molecule has 0 N–H and O–H groups in total. The minimum atomic E-state index is -3.79. The summed E-state index contributed by atoms with van der Waals surface area (Å²) in [5, 5.41) is 15.1. The summed E-state index contributed by atoms with van der Waals surface area (Å²) in [6.45, 7) is 14.5. The van der Waals surface area contributed by atoms with Crippen molar-refractivity contribution in [1.29, 1.82) is 0 Å². The van der Waals surface area contributed by atoms with E-state index in [1.165, 1.54) is 12.4 Å². The first-order valence-corrected chi connectivity index (χ1v) is 42.3. The van der Waals surface area contributed by atoms with E-state index in [9.17, 15) is 16.8 Å². The van der Waals surface area contributed by atoms with Gasteiger partial charge in [0, 0.05) is 156 Å². The first-order chi connectivity index (χ1) is 55.5. The number of halogens is 4. The third-order valence-corrected chi connectivity index (χ3v) is 24.0. The zero-order valence-corrected chi connectivity index (χ0v) is 71.9. The van der Waals surface area contributed by atoms with Crippen LogP contribution < -0.4 is 4.74 Å². The summed E-state index contributed by atoms with van der Waals surface area (Å²) in [7, 11) is -5.84. The van der Waals surface area contributed by atoms with Crippen molar-refractivity contribution in [3.05, 3.63) is 318 Å². The third-order valence-electron chi connectivity index (χ3n) is 18.2. The molecule has 0 aliphatic carbocycles. The molecule has 24 nitrogen and oxygen atoms in total. The fourth-order valence-electron chi connectivity index (χ4n) is 12.3. The van der Waals surface area contributed by atoms with E-state index in [1.54, 1.807) is 86.5 Å². The molecule has 16 aromatic rings. The van der Waals surface area contributed by atoms with E-state index in [2.05, 4.69) is 194 Å². The number of hydrogen-bond acceptors (Lipinski definition) is 21. The van der Waals surface area contributed by atoms with Crippen LogP contribution in [0, 0.1) is 45.2 Å². The van der Waals surface area contributed by atoms with Gasteiger partial charge in [0.1, 0.15) is 13.2 Å². The number of rotatable bonds is 11. The van der Waals surface area contributed by atoms with Crippen LogP contribution in [0.5, 0.6) is 5.75 Å². The first-order valence-electron chi connectivity index (χ1n) is 35.7. The molecule has 13 aromatic heterocycles. The Balaban J connectivity index is 0.000000116. The van der Waals surface area contributed by atoms with E-state index >= 15 is 0 Å². The summed E-state index contributed by atoms with van der Waals surface area (Å²) in [6, 6.07) is 49.5. The molecule has 3 aliphatic rings. The van der Waals surface area contributed by atoms with Crippen LogP contribution in [0.1, 0.15) is 73.2 Å². The lowest BCUT2D eigenvalue weighted by molar-refractivity contribution is 0.414. The molecule has 0 bridgehead atoms. The highest BCUT2D eigenvalue weighted by Gasteiger charge is 2.24. The Labute approximate surface area is 707 Å². The van der Waals surface area contributed by atoms with E-state index in [1.807, 2.05) is 163 Å². The Morgan fingerprint density at radius 2 is 0.843 bits per heavy atom. The number of methoxy groups -OCH3 is 1. The van der Waals surface area contributed by atoms with E-state index in [0.717, 1.165) is 166 Å². The van der Waals surface area contributed by atoms with Crippen molar-refractivity contribution in [2.75, 3.05) is 7.11 Å². The fourth-order valence-corrected chi connectivity index (χ4v) is 16.7. The number of pyridine rings is 10. The van der Waals surface area contributed by atoms with Crippen LogP contribution in [0.2, 0.25) is 0 Å². The van der Waals surface area contributed by atoms with Gasteiger partial charge in [0.2, 0.25) is 0 Å². The lowest BCUT2D eigenvalue weighted by Crippen LogP contribution is -2.14. The highest BCUT2D eigenvalue weighted by atomic mass is 127. The van der Waals surface area contributed by atoms with E-state index in [0.29, 0.717) is 41.7 Å². The highest BCUT2D eigenvalue weighted by molar-refractivity contribution is 14.1. The molecule has 0 fully saturated rings. The van der Waals surface area contributed by atoms with Crippen molar-refractivity contribution >= 4 is 146 Å². The largest absolute Gasteiger partial charge is 0.497 e. The fraction of sp³-hybridized carbons (Fsp3) is 0.129. The molecule has 574 valence electrons. The molecular weight excluding hydrogens is 1840 g/mol. The molecule has 16 heterocycles. The van der Waals surface area contributed by atoms with Crippen molar-refractivity contribution in [2.24, 2.45) is 15.0 Å². The number of benzene rings is 3. The standard InChI is InChI=1S/C20H17IN4O.C19H16N4O2S.C13H10BrN3O2S.C13H10IN3.C13H11N3.C7H5BrN2/c1-13-9-15(7-8-22-13)16-10-18-19(21)24-25(20(18)23-11-16)12-14-3-5-17(26-2)6-4-14;1-13-3-5-18(6-4-13)26(24,25)23-19-17(12-22-23)10-16(11-21-19)15-7-8-20-14(2)9-15;1-9-2-4-12(5-3-9)20(18,19)17-13-10(7-16-17)6-11(14)8-15-13;1-8-4-9(2-3-15-8)10-5-11-12(16-6-10)7-17-13(11)14;1-9-4-10(2-3-15-9)11-5-12-6-14-8-13(12)16-7-11;8-6-1-5-2-9-4-7(5)10-3-6/h3-11H,12H2,1-2H3;3-12H,1-2H3;2-8H,1H3;2-6H,7H2,1H3;2-7H,8H2,1H3;1-3H,4H2. The molecular formula is C85H69Br2I2N19O5S2. The zero-order valence-electron chi connectivity index (χ0n) is 62.8. The van der Waals surface area contributed by atoms with Crippen LogP contribution in [0.3, 0.4) is 0 Å². The predicted octanol–water partition coefficient (Wildman–Crippen LogP) is 17.9. The Hall–Kier alpha value is -11.3. The summed E-state index contributed by atoms with van der Waals surface area (Å²) >= 11 is 11.2. The molecule has 0 atom stereocenters. The molecule has 30 heteroatoms. The van der Waals surface area contributed by atoms with Gasteiger partial charge in [-0.15, -0.1) is 8.17 Å². The normalized spacial score (nSPS) is 12.2. The maximum Gasteiger partial charge on any atom is 0.284 e. The Bertz CT molecular complexity index is 6670. The average Bonchev–Trinajstić information content (AvgIpc) is 1.66. The number of nitrogens with zero attached hydrogens (tertiary/aromatic N) is 19. The van der Waals surface area contributed by atoms with Crippen molar-refractivity contribution in [1.82, 2.24) is 78.0 Å². The summed E-state index contributed by atoms with van der Waals surface area (Å²) in [4.78, 5) is 56.1. The Morgan fingerprint density at radius 1 is 0.417 bits per heavy atom. The smallest absolute Gasteiger partial charge is 0.284 e. The van der Waals surface area contributed by atoms with Crippen LogP contribution in [-0.2, 0) is 46.2 Å². The Kier molecular flexibility index (Phi) is 24.9. The minimum Gasteiger partial charge on any atom is -0.497 e. The molecule has 3 aliphatic heterocycles. The lowest BCUT2D eigenvalue weighted by atomic mass is 10.1. The highest BCUT2D eigenvalue weighted by Crippen LogP contribution is 2.32. The van der Waals surface area contributed by atoms with E-state index in [-0.39, 0.29) is 9.79 Å². The molecule has 0 saturated carbocycles. The van der Waals surface area contributed by atoms with Gasteiger partial charge in [-0.05, 0) is 268 Å². The van der Waals surface area contributed by atoms with Crippen LogP contribution in [0.4, 0.5) is 0 Å². The van der Waals surface area contributed by atoms with Gasteiger partial charge in [0.15, 0.2) is 16.9 Å². The maximum atomic E-state index is 12.9. The van der Waals surface area contributed by atoms with Gasteiger partial charge < -0.3 is 4.74 Å². The number of aryl methyl sites for hydroxylation is 6. The predicted molar refractivity (Wildman–Crippen MR) is 472 cm³/mol. The second-order valence-corrected chi connectivity index (χ2v) is 34.1. The zero-order chi connectivity index (χ0) is 80.5. The number of fused-ring (bicyclic) bond motifs is 6. The summed E-state index contributed by atoms with van der Waals surface area (Å²) < 4.78 is 63.7. The van der Waals surface area contributed by atoms with Crippen LogP contribution in [0.25, 0.3) is 77.6 Å². The van der Waals surface area contributed by atoms with Gasteiger partial charge in [0.25, 0.3) is 20.0 Å². The van der Waals surface area contributed by atoms with Crippen LogP contribution in [-0.4, -0.2) is 118 Å². The third kappa shape index (κ3) is 19.1.